The number of aryl methyl sites for hydroxylation is 1. The van der Waals surface area contributed by atoms with Crippen LogP contribution in [0.2, 0.25) is 0 Å². The molecule has 0 bridgehead atoms. The van der Waals surface area contributed by atoms with Crippen molar-refractivity contribution in [2.24, 2.45) is 13.0 Å². The maximum atomic E-state index is 12.1. The smallest absolute Gasteiger partial charge is 0.187 e. The Labute approximate surface area is 89.7 Å². The second kappa shape index (κ2) is 4.14. The Morgan fingerprint density at radius 2 is 2.47 bits per heavy atom. The van der Waals surface area contributed by atoms with Crippen molar-refractivity contribution in [3.8, 4) is 0 Å². The van der Waals surface area contributed by atoms with Crippen LogP contribution in [-0.4, -0.2) is 27.9 Å². The van der Waals surface area contributed by atoms with E-state index in [0.29, 0.717) is 5.69 Å². The molecule has 0 saturated carbocycles. The van der Waals surface area contributed by atoms with Crippen LogP contribution in [0.3, 0.4) is 0 Å². The van der Waals surface area contributed by atoms with Gasteiger partial charge in [-0.3, -0.25) is 4.79 Å². The summed E-state index contributed by atoms with van der Waals surface area (Å²) in [7, 11) is 1.88. The molecule has 1 aromatic heterocycles. The largest absolute Gasteiger partial charge is 0.340 e. The van der Waals surface area contributed by atoms with Crippen LogP contribution >= 0.6 is 0 Å². The minimum atomic E-state index is 0.0913. The molecule has 4 heteroatoms. The fourth-order valence-electron chi connectivity index (χ4n) is 2.13. The van der Waals surface area contributed by atoms with E-state index in [4.69, 9.17) is 0 Å². The zero-order valence-corrected chi connectivity index (χ0v) is 9.23. The van der Waals surface area contributed by atoms with Crippen molar-refractivity contribution in [2.45, 2.75) is 25.8 Å². The molecule has 4 nitrogen and oxygen atoms in total. The van der Waals surface area contributed by atoms with E-state index in [1.165, 1.54) is 0 Å². The molecule has 1 aliphatic rings. The summed E-state index contributed by atoms with van der Waals surface area (Å²) in [6.45, 7) is 3.10. The zero-order chi connectivity index (χ0) is 10.8. The van der Waals surface area contributed by atoms with Gasteiger partial charge in [0.15, 0.2) is 5.78 Å². The maximum Gasteiger partial charge on any atom is 0.187 e. The molecule has 82 valence electrons. The third-order valence-electron chi connectivity index (χ3n) is 3.06. The summed E-state index contributed by atoms with van der Waals surface area (Å²) in [6, 6.07) is 0.272. The second-order valence-corrected chi connectivity index (χ2v) is 4.28. The lowest BCUT2D eigenvalue weighted by Crippen LogP contribution is -2.42. The minimum Gasteiger partial charge on any atom is -0.340 e. The molecule has 2 atom stereocenters. The van der Waals surface area contributed by atoms with Gasteiger partial charge in [-0.15, -0.1) is 0 Å². The number of carbonyl (C=O) groups is 1. The van der Waals surface area contributed by atoms with E-state index >= 15 is 0 Å². The predicted molar refractivity (Wildman–Crippen MR) is 57.7 cm³/mol. The highest BCUT2D eigenvalue weighted by Crippen LogP contribution is 2.20. The maximum absolute atomic E-state index is 12.1. The Hall–Kier alpha value is -1.16. The molecule has 2 heterocycles. The van der Waals surface area contributed by atoms with E-state index in [-0.39, 0.29) is 17.7 Å². The van der Waals surface area contributed by atoms with Crippen molar-refractivity contribution in [3.63, 3.8) is 0 Å². The van der Waals surface area contributed by atoms with Crippen molar-refractivity contribution in [1.29, 1.82) is 0 Å². The Balaban J connectivity index is 2.13. The van der Waals surface area contributed by atoms with Crippen molar-refractivity contribution >= 4 is 5.78 Å². The van der Waals surface area contributed by atoms with Gasteiger partial charge in [-0.1, -0.05) is 0 Å². The molecule has 1 saturated heterocycles. The van der Waals surface area contributed by atoms with Crippen molar-refractivity contribution in [2.75, 3.05) is 6.54 Å². The number of ketones is 1. The molecule has 0 radical (unpaired) electrons. The number of nitrogens with zero attached hydrogens (tertiary/aromatic N) is 2. The Kier molecular flexibility index (Phi) is 2.86. The van der Waals surface area contributed by atoms with Gasteiger partial charge < -0.3 is 9.88 Å². The van der Waals surface area contributed by atoms with Gasteiger partial charge >= 0.3 is 0 Å². The van der Waals surface area contributed by atoms with Crippen LogP contribution in [0.4, 0.5) is 0 Å². The van der Waals surface area contributed by atoms with Crippen LogP contribution in [0, 0.1) is 5.92 Å². The van der Waals surface area contributed by atoms with Gasteiger partial charge in [0.05, 0.1) is 6.33 Å². The fraction of sp³-hybridized carbons (Fsp3) is 0.636. The van der Waals surface area contributed by atoms with Crippen molar-refractivity contribution in [3.05, 3.63) is 18.2 Å². The highest BCUT2D eigenvalue weighted by Gasteiger charge is 2.29. The number of hydrogen-bond acceptors (Lipinski definition) is 3. The van der Waals surface area contributed by atoms with E-state index in [1.807, 2.05) is 11.6 Å². The Bertz CT molecular complexity index is 358. The highest BCUT2D eigenvalue weighted by atomic mass is 16.1. The number of hydrogen-bond donors (Lipinski definition) is 1. The molecule has 1 aliphatic heterocycles. The third-order valence-corrected chi connectivity index (χ3v) is 3.06. The van der Waals surface area contributed by atoms with E-state index in [2.05, 4.69) is 17.2 Å². The SMILES string of the molecule is CC1NCCCC1C(=O)c1cn(C)cn1. The monoisotopic (exact) mass is 207 g/mol. The van der Waals surface area contributed by atoms with Gasteiger partial charge in [-0.25, -0.2) is 4.98 Å². The molecule has 1 fully saturated rings. The van der Waals surface area contributed by atoms with Gasteiger partial charge in [0.2, 0.25) is 0 Å². The minimum absolute atomic E-state index is 0.0913. The highest BCUT2D eigenvalue weighted by molar-refractivity contribution is 5.96. The molecule has 15 heavy (non-hydrogen) atoms. The number of piperidine rings is 1. The molecule has 2 unspecified atom stereocenters. The molecule has 2 rings (SSSR count). The number of rotatable bonds is 2. The third kappa shape index (κ3) is 2.09. The normalized spacial score (nSPS) is 26.5. The summed E-state index contributed by atoms with van der Waals surface area (Å²) >= 11 is 0. The first-order valence-electron chi connectivity index (χ1n) is 5.44. The Morgan fingerprint density at radius 1 is 1.67 bits per heavy atom. The average Bonchev–Trinajstić information content (AvgIpc) is 2.65. The van der Waals surface area contributed by atoms with Gasteiger partial charge in [0.25, 0.3) is 0 Å². The molecule has 0 aromatic carbocycles. The first-order chi connectivity index (χ1) is 7.18. The standard InChI is InChI=1S/C11H17N3O/c1-8-9(4-3-5-12-8)11(15)10-6-14(2)7-13-10/h6-9,12H,3-5H2,1-2H3. The zero-order valence-electron chi connectivity index (χ0n) is 9.23. The molecule has 0 aliphatic carbocycles. The van der Waals surface area contributed by atoms with E-state index in [9.17, 15) is 4.79 Å². The van der Waals surface area contributed by atoms with Crippen LogP contribution in [0.25, 0.3) is 0 Å². The summed E-state index contributed by atoms with van der Waals surface area (Å²) in [4.78, 5) is 16.2. The average molecular weight is 207 g/mol. The summed E-state index contributed by atoms with van der Waals surface area (Å²) in [5, 5.41) is 3.33. The van der Waals surface area contributed by atoms with Gasteiger partial charge in [-0.2, -0.15) is 0 Å². The summed E-state index contributed by atoms with van der Waals surface area (Å²) in [5.41, 5.74) is 0.595. The van der Waals surface area contributed by atoms with Crippen LogP contribution in [-0.2, 0) is 7.05 Å². The Morgan fingerprint density at radius 3 is 3.07 bits per heavy atom. The van der Waals surface area contributed by atoms with Crippen LogP contribution in [0.5, 0.6) is 0 Å². The molecule has 1 aromatic rings. The predicted octanol–water partition coefficient (Wildman–Crippen LogP) is 0.991. The number of Topliss-reactive ketones (excluding diaryl/α,β-unsaturated/α-hetero) is 1. The van der Waals surface area contributed by atoms with Gasteiger partial charge in [0.1, 0.15) is 5.69 Å². The first kappa shape index (κ1) is 10.4. The lowest BCUT2D eigenvalue weighted by Gasteiger charge is -2.28. The lowest BCUT2D eigenvalue weighted by atomic mass is 9.87. The second-order valence-electron chi connectivity index (χ2n) is 4.28. The van der Waals surface area contributed by atoms with Gasteiger partial charge in [0, 0.05) is 25.2 Å². The number of carbonyl (C=O) groups excluding carboxylic acids is 1. The van der Waals surface area contributed by atoms with E-state index in [1.54, 1.807) is 12.5 Å². The van der Waals surface area contributed by atoms with E-state index < -0.39 is 0 Å². The summed E-state index contributed by atoms with van der Waals surface area (Å²) in [5.74, 6) is 0.268. The van der Waals surface area contributed by atoms with E-state index in [0.717, 1.165) is 19.4 Å². The quantitative estimate of drug-likeness (QED) is 0.736. The number of imidazole rings is 1. The molecule has 1 N–H and O–H groups in total. The van der Waals surface area contributed by atoms with Gasteiger partial charge in [-0.05, 0) is 26.3 Å². The molecular formula is C11H17N3O. The molecule has 0 spiro atoms. The topological polar surface area (TPSA) is 46.9 Å². The first-order valence-corrected chi connectivity index (χ1v) is 5.44. The summed E-state index contributed by atoms with van der Waals surface area (Å²) in [6.07, 6.45) is 5.52. The molecular weight excluding hydrogens is 190 g/mol. The number of aromatic nitrogens is 2. The van der Waals surface area contributed by atoms with Crippen molar-refractivity contribution < 1.29 is 4.79 Å². The van der Waals surface area contributed by atoms with Crippen LogP contribution in [0.15, 0.2) is 12.5 Å². The summed E-state index contributed by atoms with van der Waals surface area (Å²) < 4.78 is 1.81. The molecule has 0 amide bonds. The van der Waals surface area contributed by atoms with Crippen LogP contribution < -0.4 is 5.32 Å². The number of nitrogens with one attached hydrogen (secondary N) is 1. The fourth-order valence-corrected chi connectivity index (χ4v) is 2.13. The van der Waals surface area contributed by atoms with Crippen molar-refractivity contribution in [1.82, 2.24) is 14.9 Å². The lowest BCUT2D eigenvalue weighted by molar-refractivity contribution is 0.0862. The van der Waals surface area contributed by atoms with Crippen LogP contribution in [0.1, 0.15) is 30.3 Å².